The molecule has 0 saturated carbocycles. The van der Waals surface area contributed by atoms with Gasteiger partial charge in [0.2, 0.25) is 5.78 Å². The normalized spacial score (nSPS) is 15.9. The number of benzene rings is 1. The summed E-state index contributed by atoms with van der Waals surface area (Å²) in [5.74, 6) is 0.568. The van der Waals surface area contributed by atoms with Crippen LogP contribution in [0, 0.1) is 5.92 Å². The van der Waals surface area contributed by atoms with Crippen molar-refractivity contribution in [2.45, 2.75) is 45.1 Å². The summed E-state index contributed by atoms with van der Waals surface area (Å²) in [4.78, 5) is 27.7. The highest BCUT2D eigenvalue weighted by molar-refractivity contribution is 7.99. The number of hydrogen-bond acceptors (Lipinski definition) is 8. The molecule has 5 rings (SSSR count). The van der Waals surface area contributed by atoms with Crippen LogP contribution in [0.15, 0.2) is 40.3 Å². The third kappa shape index (κ3) is 3.85. The van der Waals surface area contributed by atoms with E-state index in [-0.39, 0.29) is 23.4 Å². The zero-order valence-electron chi connectivity index (χ0n) is 18.6. The van der Waals surface area contributed by atoms with E-state index in [1.165, 1.54) is 23.1 Å². The van der Waals surface area contributed by atoms with E-state index in [9.17, 15) is 9.59 Å². The second kappa shape index (κ2) is 8.92. The Bertz CT molecular complexity index is 1390. The van der Waals surface area contributed by atoms with Gasteiger partial charge in [-0.2, -0.15) is 0 Å². The third-order valence-corrected chi connectivity index (χ3v) is 7.82. The average Bonchev–Trinajstić information content (AvgIpc) is 3.39. The molecule has 0 radical (unpaired) electrons. The minimum Gasteiger partial charge on any atom is -0.465 e. The van der Waals surface area contributed by atoms with Crippen molar-refractivity contribution in [3.05, 3.63) is 51.1 Å². The molecule has 1 aliphatic heterocycles. The molecule has 0 saturated heterocycles. The van der Waals surface area contributed by atoms with Gasteiger partial charge < -0.3 is 9.47 Å². The van der Waals surface area contributed by atoms with Crippen LogP contribution in [0.5, 0.6) is 0 Å². The van der Waals surface area contributed by atoms with Crippen LogP contribution >= 0.6 is 23.1 Å². The quantitative estimate of drug-likeness (QED) is 0.303. The van der Waals surface area contributed by atoms with Crippen LogP contribution in [0.3, 0.4) is 0 Å². The van der Waals surface area contributed by atoms with E-state index < -0.39 is 0 Å². The molecular weight excluding hydrogens is 460 g/mol. The highest BCUT2D eigenvalue weighted by Crippen LogP contribution is 2.37. The predicted molar refractivity (Wildman–Crippen MR) is 128 cm³/mol. The van der Waals surface area contributed by atoms with Crippen LogP contribution in [0.2, 0.25) is 0 Å². The van der Waals surface area contributed by atoms with Crippen molar-refractivity contribution in [3.63, 3.8) is 0 Å². The van der Waals surface area contributed by atoms with Gasteiger partial charge in [-0.15, -0.1) is 21.5 Å². The number of fused-ring (bicyclic) bond motifs is 5. The maximum absolute atomic E-state index is 13.9. The molecule has 0 bridgehead atoms. The number of carbonyl (C=O) groups excluding carboxylic acids is 1. The maximum atomic E-state index is 13.9. The highest BCUT2D eigenvalue weighted by Gasteiger charge is 2.30. The Kier molecular flexibility index (Phi) is 5.98. The molecule has 10 heteroatoms. The van der Waals surface area contributed by atoms with E-state index in [1.54, 1.807) is 11.5 Å². The number of aromatic nitrogens is 4. The molecule has 0 amide bonds. The second-order valence-electron chi connectivity index (χ2n) is 8.17. The Morgan fingerprint density at radius 3 is 2.82 bits per heavy atom. The second-order valence-corrected chi connectivity index (χ2v) is 10.2. The number of nitrogens with zero attached hydrogens (tertiary/aromatic N) is 4. The van der Waals surface area contributed by atoms with Crippen LogP contribution in [-0.4, -0.2) is 43.6 Å². The van der Waals surface area contributed by atoms with Gasteiger partial charge in [-0.3, -0.25) is 9.59 Å². The van der Waals surface area contributed by atoms with Crippen molar-refractivity contribution in [1.29, 1.82) is 0 Å². The topological polar surface area (TPSA) is 87.7 Å². The fourth-order valence-electron chi connectivity index (χ4n) is 4.10. The lowest BCUT2D eigenvalue weighted by molar-refractivity contribution is -0.139. The maximum Gasteiger partial charge on any atom is 0.316 e. The lowest BCUT2D eigenvalue weighted by Gasteiger charge is -2.26. The van der Waals surface area contributed by atoms with Crippen LogP contribution in [-0.2, 0) is 27.3 Å². The smallest absolute Gasteiger partial charge is 0.316 e. The zero-order chi connectivity index (χ0) is 23.1. The van der Waals surface area contributed by atoms with Crippen LogP contribution < -0.4 is 5.56 Å². The predicted octanol–water partition coefficient (Wildman–Crippen LogP) is 3.85. The summed E-state index contributed by atoms with van der Waals surface area (Å²) < 4.78 is 14.6. The first-order valence-electron chi connectivity index (χ1n) is 10.9. The van der Waals surface area contributed by atoms with Crippen LogP contribution in [0.25, 0.3) is 21.7 Å². The Morgan fingerprint density at radius 1 is 1.30 bits per heavy atom. The molecule has 33 heavy (non-hydrogen) atoms. The fraction of sp³-hybridized carbons (Fsp3) is 0.391. The average molecular weight is 485 g/mol. The first-order valence-corrected chi connectivity index (χ1v) is 12.7. The molecule has 3 aromatic heterocycles. The lowest BCUT2D eigenvalue weighted by Crippen LogP contribution is -2.28. The van der Waals surface area contributed by atoms with E-state index in [2.05, 4.69) is 24.0 Å². The summed E-state index contributed by atoms with van der Waals surface area (Å²) in [7, 11) is 0. The van der Waals surface area contributed by atoms with Gasteiger partial charge in [0.25, 0.3) is 5.56 Å². The molecule has 0 N–H and O–H groups in total. The zero-order valence-corrected chi connectivity index (χ0v) is 20.2. The van der Waals surface area contributed by atoms with E-state index in [0.717, 1.165) is 21.0 Å². The largest absolute Gasteiger partial charge is 0.465 e. The molecule has 0 aliphatic carbocycles. The Labute approximate surface area is 198 Å². The standard InChI is InChI=1S/C23H24N4O4S2/c1-4-30-18(28)12-32-23-25-24-22-26(14-8-6-5-7-9-14)20(29)19-15-10-16(13(2)3)31-11-17(15)33-21(19)27(22)23/h5-9,13,16H,4,10-12H2,1-3H3/t16-/m1/s1. The van der Waals surface area contributed by atoms with Crippen molar-refractivity contribution in [2.75, 3.05) is 12.4 Å². The van der Waals surface area contributed by atoms with E-state index in [1.807, 2.05) is 34.7 Å². The molecule has 1 atom stereocenters. The summed E-state index contributed by atoms with van der Waals surface area (Å²) in [5.41, 5.74) is 1.66. The molecule has 172 valence electrons. The molecule has 4 heterocycles. The molecule has 1 aliphatic rings. The number of rotatable bonds is 6. The van der Waals surface area contributed by atoms with E-state index in [4.69, 9.17) is 9.47 Å². The molecule has 4 aromatic rings. The molecule has 0 spiro atoms. The van der Waals surface area contributed by atoms with Gasteiger partial charge in [0, 0.05) is 11.3 Å². The number of para-hydroxylation sites is 1. The summed E-state index contributed by atoms with van der Waals surface area (Å²) in [6.45, 7) is 6.85. The van der Waals surface area contributed by atoms with Crippen molar-refractivity contribution in [1.82, 2.24) is 19.2 Å². The van der Waals surface area contributed by atoms with E-state index >= 15 is 0 Å². The van der Waals surface area contributed by atoms with Gasteiger partial charge in [-0.05, 0) is 30.5 Å². The monoisotopic (exact) mass is 484 g/mol. The number of esters is 1. The SMILES string of the molecule is CCOC(=O)CSc1nnc2n(-c3ccccc3)c(=O)c3c4c(sc3n12)CO[C@@H](C(C)C)C4. The molecule has 0 fully saturated rings. The van der Waals surface area contributed by atoms with Crippen molar-refractivity contribution in [2.24, 2.45) is 5.92 Å². The Morgan fingerprint density at radius 2 is 2.09 bits per heavy atom. The van der Waals surface area contributed by atoms with E-state index in [0.29, 0.717) is 41.9 Å². The fourth-order valence-corrected chi connectivity index (χ4v) is 6.13. The summed E-state index contributed by atoms with van der Waals surface area (Å²) in [5, 5.41) is 9.92. The van der Waals surface area contributed by atoms with Gasteiger partial charge >= 0.3 is 5.97 Å². The Balaban J connectivity index is 1.76. The molecule has 1 aromatic carbocycles. The number of thioether (sulfide) groups is 1. The van der Waals surface area contributed by atoms with Gasteiger partial charge in [0.15, 0.2) is 5.16 Å². The van der Waals surface area contributed by atoms with Crippen molar-refractivity contribution >= 4 is 45.1 Å². The van der Waals surface area contributed by atoms with Crippen LogP contribution in [0.4, 0.5) is 0 Å². The van der Waals surface area contributed by atoms with Gasteiger partial charge in [0.1, 0.15) is 4.83 Å². The van der Waals surface area contributed by atoms with Crippen LogP contribution in [0.1, 0.15) is 31.2 Å². The molecule has 8 nitrogen and oxygen atoms in total. The first kappa shape index (κ1) is 22.1. The highest BCUT2D eigenvalue weighted by atomic mass is 32.2. The summed E-state index contributed by atoms with van der Waals surface area (Å²) >= 11 is 2.79. The lowest BCUT2D eigenvalue weighted by atomic mass is 9.96. The number of carbonyl (C=O) groups is 1. The van der Waals surface area contributed by atoms with Gasteiger partial charge in [-0.25, -0.2) is 8.97 Å². The van der Waals surface area contributed by atoms with Gasteiger partial charge in [0.05, 0.1) is 36.1 Å². The molecule has 0 unspecified atom stereocenters. The van der Waals surface area contributed by atoms with Crippen molar-refractivity contribution < 1.29 is 14.3 Å². The number of ether oxygens (including phenoxy) is 2. The van der Waals surface area contributed by atoms with Gasteiger partial charge in [-0.1, -0.05) is 43.8 Å². The first-order chi connectivity index (χ1) is 16.0. The minimum absolute atomic E-state index is 0.0640. The summed E-state index contributed by atoms with van der Waals surface area (Å²) in [6, 6.07) is 9.45. The molecular formula is C23H24N4O4S2. The summed E-state index contributed by atoms with van der Waals surface area (Å²) in [6.07, 6.45) is 0.754. The minimum atomic E-state index is -0.314. The number of thiophene rings is 1. The third-order valence-electron chi connectivity index (χ3n) is 5.72. The number of hydrogen-bond donors (Lipinski definition) is 0. The Hall–Kier alpha value is -2.69. The van der Waals surface area contributed by atoms with Crippen molar-refractivity contribution in [3.8, 4) is 5.69 Å².